The third kappa shape index (κ3) is 5.04. The Morgan fingerprint density at radius 2 is 1.63 bits per heavy atom. The van der Waals surface area contributed by atoms with E-state index in [0.717, 1.165) is 22.3 Å². The Balaban J connectivity index is 1.44. The lowest BCUT2D eigenvalue weighted by Crippen LogP contribution is -2.58. The fourth-order valence-corrected chi connectivity index (χ4v) is 5.30. The molecule has 2 aromatic carbocycles. The summed E-state index contributed by atoms with van der Waals surface area (Å²) in [6, 6.07) is 15.3. The number of aliphatic carboxylic acids is 1. The summed E-state index contributed by atoms with van der Waals surface area (Å²) in [5.74, 6) is -1.54. The maximum atomic E-state index is 13.5. The van der Waals surface area contributed by atoms with Crippen molar-refractivity contribution < 1.29 is 24.2 Å². The number of carboxylic acid groups (broad SMARTS) is 1. The van der Waals surface area contributed by atoms with Crippen LogP contribution in [0.5, 0.6) is 0 Å². The number of carbonyl (C=O) groups excluding carboxylic acids is 2. The Bertz CT molecular complexity index is 1080. The molecule has 7 nitrogen and oxygen atoms in total. The lowest BCUT2D eigenvalue weighted by atomic mass is 9.84. The zero-order valence-corrected chi connectivity index (χ0v) is 20.8. The molecule has 1 fully saturated rings. The smallest absolute Gasteiger partial charge is 0.407 e. The average molecular weight is 479 g/mol. The molecule has 1 heterocycles. The van der Waals surface area contributed by atoms with Crippen molar-refractivity contribution in [3.63, 3.8) is 0 Å². The zero-order valence-electron chi connectivity index (χ0n) is 20.8. The number of fused-ring (bicyclic) bond motifs is 3. The molecule has 1 saturated heterocycles. The van der Waals surface area contributed by atoms with Crippen LogP contribution in [-0.4, -0.2) is 53.2 Å². The molecular formula is C28H34N2O5. The van der Waals surface area contributed by atoms with Gasteiger partial charge in [0.2, 0.25) is 5.91 Å². The topological polar surface area (TPSA) is 95.9 Å². The summed E-state index contributed by atoms with van der Waals surface area (Å²) in [5.41, 5.74) is 4.00. The molecule has 0 aromatic heterocycles. The number of amides is 2. The summed E-state index contributed by atoms with van der Waals surface area (Å²) >= 11 is 0. The third-order valence-electron chi connectivity index (χ3n) is 7.23. The summed E-state index contributed by atoms with van der Waals surface area (Å²) in [6.45, 7) is 8.08. The summed E-state index contributed by atoms with van der Waals surface area (Å²) in [4.78, 5) is 39.4. The van der Waals surface area contributed by atoms with Crippen molar-refractivity contribution in [3.05, 3.63) is 59.7 Å². The number of hydrogen-bond acceptors (Lipinski definition) is 4. The minimum atomic E-state index is -0.826. The summed E-state index contributed by atoms with van der Waals surface area (Å²) < 4.78 is 5.68. The third-order valence-corrected chi connectivity index (χ3v) is 7.23. The summed E-state index contributed by atoms with van der Waals surface area (Å²) in [5, 5.41) is 12.1. The van der Waals surface area contributed by atoms with E-state index in [-0.39, 0.29) is 24.5 Å². The maximum Gasteiger partial charge on any atom is 0.407 e. The fourth-order valence-electron chi connectivity index (χ4n) is 5.30. The van der Waals surface area contributed by atoms with Gasteiger partial charge in [0.25, 0.3) is 0 Å². The molecule has 35 heavy (non-hydrogen) atoms. The van der Waals surface area contributed by atoms with Crippen LogP contribution in [0.15, 0.2) is 48.5 Å². The lowest BCUT2D eigenvalue weighted by molar-refractivity contribution is -0.149. The molecule has 3 atom stereocenters. The molecule has 7 heteroatoms. The van der Waals surface area contributed by atoms with Crippen LogP contribution >= 0.6 is 0 Å². The van der Waals surface area contributed by atoms with Gasteiger partial charge in [-0.3, -0.25) is 9.59 Å². The van der Waals surface area contributed by atoms with E-state index in [9.17, 15) is 19.5 Å². The minimum absolute atomic E-state index is 0.0630. The van der Waals surface area contributed by atoms with Crippen molar-refractivity contribution in [3.8, 4) is 11.1 Å². The Hall–Kier alpha value is -3.35. The van der Waals surface area contributed by atoms with E-state index in [1.165, 1.54) is 0 Å². The Morgan fingerprint density at radius 3 is 2.14 bits per heavy atom. The van der Waals surface area contributed by atoms with Crippen LogP contribution in [0.4, 0.5) is 4.79 Å². The van der Waals surface area contributed by atoms with Gasteiger partial charge in [-0.2, -0.15) is 0 Å². The SMILES string of the molecule is C[C@H]1C[C@@H](C(=O)O)CCN1C(=O)C(NC(=O)OCC1c2ccccc2-c2ccccc21)C(C)(C)C. The van der Waals surface area contributed by atoms with E-state index in [0.29, 0.717) is 19.4 Å². The molecule has 4 rings (SSSR count). The normalized spacial score (nSPS) is 20.5. The minimum Gasteiger partial charge on any atom is -0.481 e. The summed E-state index contributed by atoms with van der Waals surface area (Å²) in [7, 11) is 0. The van der Waals surface area contributed by atoms with Crippen LogP contribution in [0.2, 0.25) is 0 Å². The van der Waals surface area contributed by atoms with E-state index in [4.69, 9.17) is 4.74 Å². The van der Waals surface area contributed by atoms with Crippen molar-refractivity contribution in [1.29, 1.82) is 0 Å². The van der Waals surface area contributed by atoms with E-state index < -0.39 is 29.4 Å². The molecule has 0 bridgehead atoms. The highest BCUT2D eigenvalue weighted by atomic mass is 16.5. The van der Waals surface area contributed by atoms with Crippen LogP contribution in [-0.2, 0) is 14.3 Å². The van der Waals surface area contributed by atoms with E-state index in [1.807, 2.05) is 52.0 Å². The Morgan fingerprint density at radius 1 is 1.06 bits per heavy atom. The average Bonchev–Trinajstić information content (AvgIpc) is 3.13. The molecule has 186 valence electrons. The fraction of sp³-hybridized carbons (Fsp3) is 0.464. The predicted octanol–water partition coefficient (Wildman–Crippen LogP) is 4.65. The first-order valence-electron chi connectivity index (χ1n) is 12.2. The number of piperidine rings is 1. The van der Waals surface area contributed by atoms with E-state index >= 15 is 0 Å². The van der Waals surface area contributed by atoms with Gasteiger partial charge in [0.1, 0.15) is 12.6 Å². The first-order chi connectivity index (χ1) is 16.6. The highest BCUT2D eigenvalue weighted by molar-refractivity contribution is 5.87. The van der Waals surface area contributed by atoms with Gasteiger partial charge in [0.05, 0.1) is 5.92 Å². The second-order valence-electron chi connectivity index (χ2n) is 10.7. The Kier molecular flexibility index (Phi) is 6.88. The van der Waals surface area contributed by atoms with Gasteiger partial charge in [0.15, 0.2) is 0 Å². The number of benzene rings is 2. The first-order valence-corrected chi connectivity index (χ1v) is 12.2. The molecule has 2 aliphatic rings. The molecule has 0 spiro atoms. The molecule has 2 aromatic rings. The zero-order chi connectivity index (χ0) is 25.3. The Labute approximate surface area is 206 Å². The quantitative estimate of drug-likeness (QED) is 0.652. The largest absolute Gasteiger partial charge is 0.481 e. The van der Waals surface area contributed by atoms with Gasteiger partial charge >= 0.3 is 12.1 Å². The number of carbonyl (C=O) groups is 3. The van der Waals surface area contributed by atoms with Gasteiger partial charge in [-0.1, -0.05) is 69.3 Å². The predicted molar refractivity (Wildman–Crippen MR) is 133 cm³/mol. The second-order valence-corrected chi connectivity index (χ2v) is 10.7. The number of likely N-dealkylation sites (tertiary alicyclic amines) is 1. The molecule has 2 amide bonds. The van der Waals surface area contributed by atoms with Crippen LogP contribution in [0.3, 0.4) is 0 Å². The van der Waals surface area contributed by atoms with E-state index in [1.54, 1.807) is 4.90 Å². The number of rotatable bonds is 5. The van der Waals surface area contributed by atoms with Gasteiger partial charge in [0, 0.05) is 18.5 Å². The lowest BCUT2D eigenvalue weighted by Gasteiger charge is -2.41. The number of alkyl carbamates (subject to hydrolysis) is 1. The number of ether oxygens (including phenoxy) is 1. The molecule has 1 unspecified atom stereocenters. The van der Waals surface area contributed by atoms with Crippen LogP contribution in [0.25, 0.3) is 11.1 Å². The summed E-state index contributed by atoms with van der Waals surface area (Å²) in [6.07, 6.45) is 0.184. The molecule has 1 aliphatic heterocycles. The van der Waals surface area contributed by atoms with Crippen molar-refractivity contribution in [2.45, 2.75) is 58.5 Å². The molecule has 1 aliphatic carbocycles. The molecule has 0 radical (unpaired) electrons. The van der Waals surface area contributed by atoms with Crippen LogP contribution in [0, 0.1) is 11.3 Å². The maximum absolute atomic E-state index is 13.5. The van der Waals surface area contributed by atoms with E-state index in [2.05, 4.69) is 29.6 Å². The standard InChI is InChI=1S/C28H34N2O5/c1-17-15-18(26(32)33)13-14-30(17)25(31)24(28(2,3)4)29-27(34)35-16-23-21-11-7-5-9-19(21)20-10-6-8-12-22(20)23/h5-12,17-18,23-24H,13-16H2,1-4H3,(H,29,34)(H,32,33)/t17-,18-,24?/m0/s1. The molecular weight excluding hydrogens is 444 g/mol. The number of nitrogens with zero attached hydrogens (tertiary/aromatic N) is 1. The van der Waals surface area contributed by atoms with Gasteiger partial charge in [-0.25, -0.2) is 4.79 Å². The van der Waals surface area contributed by atoms with Crippen LogP contribution in [0.1, 0.15) is 57.6 Å². The highest BCUT2D eigenvalue weighted by Crippen LogP contribution is 2.44. The molecule has 0 saturated carbocycles. The van der Waals surface area contributed by atoms with Crippen LogP contribution < -0.4 is 5.32 Å². The van der Waals surface area contributed by atoms with Crippen molar-refractivity contribution in [2.24, 2.45) is 11.3 Å². The van der Waals surface area contributed by atoms with Crippen molar-refractivity contribution in [2.75, 3.05) is 13.2 Å². The highest BCUT2D eigenvalue weighted by Gasteiger charge is 2.40. The number of carboxylic acids is 1. The number of nitrogens with one attached hydrogen (secondary N) is 1. The van der Waals surface area contributed by atoms with Gasteiger partial charge in [-0.05, 0) is 47.4 Å². The second kappa shape index (κ2) is 9.72. The van der Waals surface area contributed by atoms with Crippen molar-refractivity contribution in [1.82, 2.24) is 10.2 Å². The molecule has 2 N–H and O–H groups in total. The van der Waals surface area contributed by atoms with Gasteiger partial charge < -0.3 is 20.1 Å². The monoisotopic (exact) mass is 478 g/mol. The number of hydrogen-bond donors (Lipinski definition) is 2. The van der Waals surface area contributed by atoms with Crippen molar-refractivity contribution >= 4 is 18.0 Å². The van der Waals surface area contributed by atoms with Gasteiger partial charge in [-0.15, -0.1) is 0 Å². The first kappa shape index (κ1) is 24.8.